The number of nitrogens with zero attached hydrogens (tertiary/aromatic N) is 8. The Labute approximate surface area is 847 Å². The third-order valence-corrected chi connectivity index (χ3v) is 26.5. The molecule has 0 fully saturated rings. The van der Waals surface area contributed by atoms with Gasteiger partial charge in [-0.25, -0.2) is 4.57 Å². The van der Waals surface area contributed by atoms with E-state index < -0.39 is 8.07 Å². The minimum Gasteiger partial charge on any atom is -0.512 e. The number of anilines is 4. The minimum atomic E-state index is -1.48. The number of allylic oxidation sites excluding steroid dienone is 2. The number of aryl methyl sites for hydroxylation is 3. The Bertz CT molecular complexity index is 7610. The molecule has 8 heterocycles. The molecule has 0 bridgehead atoms. The summed E-state index contributed by atoms with van der Waals surface area (Å²) in [5.41, 5.74) is 30.9. The van der Waals surface area contributed by atoms with Crippen LogP contribution in [0.3, 0.4) is 0 Å². The summed E-state index contributed by atoms with van der Waals surface area (Å²) in [5, 5.41) is 18.5. The van der Waals surface area contributed by atoms with Gasteiger partial charge in [0.15, 0.2) is 11.5 Å². The number of pyridine rings is 3. The molecule has 15 heteroatoms. The van der Waals surface area contributed by atoms with Gasteiger partial charge in [-0.2, -0.15) is 95.4 Å². The molecule has 683 valence electrons. The summed E-state index contributed by atoms with van der Waals surface area (Å²) in [6.07, 6.45) is 7.42. The molecule has 0 saturated heterocycles. The van der Waals surface area contributed by atoms with Crippen molar-refractivity contribution in [2.24, 2.45) is 0 Å². The summed E-state index contributed by atoms with van der Waals surface area (Å²) >= 11 is 0. The van der Waals surface area contributed by atoms with Crippen molar-refractivity contribution in [3.8, 4) is 67.8 Å². The SMILES string of the molecule is CC(=O)C=C(C)O.C[Si](C)(C)c1cc(-c2[c-]cccc2)ncc1-c1ccccc1.Cc1cc2c3cccc4c3c3n(c(-c5c(C(C)C)cccc5C(C)C)c[n+]3C4)c2cc1C.Cc1cccnc1-c1[c-]cccc1.[Ir].[Pt+2].[Pt+4].[c-]1ccccc1-n1c2[c-]c(Oc3[c-]c4c(cc3)c3ccccc3n4-c3[c-]cccc3)ccc2c2ccccc21.[c-]1ccccc1N1[CH-]N(c2ccccc2)c2ccccc21. The molecule has 6 aromatic heterocycles. The molecule has 21 aromatic rings. The molecule has 137 heavy (non-hydrogen) atoms. The van der Waals surface area contributed by atoms with Gasteiger partial charge in [-0.1, -0.05) is 226 Å². The Kier molecular flexibility index (Phi) is 31.1. The summed E-state index contributed by atoms with van der Waals surface area (Å²) in [5.74, 6) is 2.14. The molecule has 0 amide bonds. The number of rotatable bonds is 14. The Hall–Kier alpha value is -13.7. The second kappa shape index (κ2) is 43.5. The number of para-hydroxylation sites is 8. The Balaban J connectivity index is 0.000000132. The second-order valence-corrected chi connectivity index (χ2v) is 40.5. The Morgan fingerprint density at radius 3 is 1.52 bits per heavy atom. The van der Waals surface area contributed by atoms with Gasteiger partial charge in [-0.3, -0.25) is 4.79 Å². The number of ketones is 1. The predicted molar refractivity (Wildman–Crippen MR) is 556 cm³/mol. The first-order valence-electron chi connectivity index (χ1n) is 45.6. The molecular formula is C122H103IrN8O3Pt2Si-. The number of hydrogen-bond donors (Lipinski definition) is 1. The Morgan fingerprint density at radius 1 is 0.489 bits per heavy atom. The fraction of sp³-hybridized carbons (Fsp3) is 0.123. The van der Waals surface area contributed by atoms with Crippen molar-refractivity contribution in [1.29, 1.82) is 0 Å². The molecular weight excluding hydrogens is 2240 g/mol. The fourth-order valence-corrected chi connectivity index (χ4v) is 19.7. The maximum absolute atomic E-state index is 10.0. The first-order chi connectivity index (χ1) is 65.2. The van der Waals surface area contributed by atoms with E-state index in [0.29, 0.717) is 23.3 Å². The van der Waals surface area contributed by atoms with Crippen LogP contribution in [0.2, 0.25) is 19.6 Å². The summed E-state index contributed by atoms with van der Waals surface area (Å²) in [7, 11) is -1.48. The third-order valence-electron chi connectivity index (χ3n) is 24.5. The van der Waals surface area contributed by atoms with E-state index in [0.717, 1.165) is 84.6 Å². The summed E-state index contributed by atoms with van der Waals surface area (Å²) in [6, 6.07) is 143. The van der Waals surface area contributed by atoms with Crippen LogP contribution in [0.25, 0.3) is 127 Å². The van der Waals surface area contributed by atoms with E-state index in [2.05, 4.69) is 381 Å². The van der Waals surface area contributed by atoms with Gasteiger partial charge in [0.1, 0.15) is 18.3 Å². The van der Waals surface area contributed by atoms with Gasteiger partial charge in [-0.15, -0.1) is 131 Å². The van der Waals surface area contributed by atoms with Crippen LogP contribution in [0, 0.1) is 69.9 Å². The number of aliphatic hydroxyl groups is 1. The van der Waals surface area contributed by atoms with Crippen LogP contribution in [0.4, 0.5) is 22.7 Å². The zero-order chi connectivity index (χ0) is 92.7. The van der Waals surface area contributed by atoms with Crippen LogP contribution < -0.4 is 24.3 Å². The average molecular weight is 2340 g/mol. The number of ether oxygens (including phenoxy) is 1. The zero-order valence-corrected chi connectivity index (χ0v) is 86.4. The average Bonchev–Trinajstić information content (AvgIpc) is 1.52. The van der Waals surface area contributed by atoms with Crippen molar-refractivity contribution in [2.45, 2.75) is 100 Å². The smallest absolute Gasteiger partial charge is 0.512 e. The quantitative estimate of drug-likeness (QED) is 0.0289. The summed E-state index contributed by atoms with van der Waals surface area (Å²) in [6.45, 7) is 28.9. The summed E-state index contributed by atoms with van der Waals surface area (Å²) < 4.78 is 15.8. The normalized spacial score (nSPS) is 11.8. The van der Waals surface area contributed by atoms with Crippen LogP contribution in [0.1, 0.15) is 86.8 Å². The van der Waals surface area contributed by atoms with Crippen molar-refractivity contribution in [3.63, 3.8) is 0 Å². The molecule has 1 radical (unpaired) electrons. The number of benzene rings is 15. The van der Waals surface area contributed by atoms with E-state index in [4.69, 9.17) is 14.8 Å². The molecule has 2 aliphatic heterocycles. The van der Waals surface area contributed by atoms with Crippen molar-refractivity contribution < 1.29 is 81.4 Å². The van der Waals surface area contributed by atoms with E-state index in [-0.39, 0.29) is 73.8 Å². The topological polar surface area (TPSA) is 96.9 Å². The number of carbonyl (C=O) groups is 1. The van der Waals surface area contributed by atoms with E-state index in [1.165, 1.54) is 130 Å². The van der Waals surface area contributed by atoms with Crippen LogP contribution >= 0.6 is 0 Å². The Morgan fingerprint density at radius 2 is 0.993 bits per heavy atom. The van der Waals surface area contributed by atoms with Crippen molar-refractivity contribution in [1.82, 2.24) is 23.5 Å². The first-order valence-corrected chi connectivity index (χ1v) is 49.1. The van der Waals surface area contributed by atoms with E-state index in [1.54, 1.807) is 0 Å². The standard InChI is InChI=1S/C36H20N2O.C30H31N2.C20H20NSi.C19H14N2.C12H10N.C5H8O2.Ir.2Pt/c1-3-11-25(12-4-1)37-33-17-9-7-15-29(33)31-21-19-27(23-35(31)37)39-28-20-22-32-30-16-8-10-18-34(30)38(36(32)24-28)26-13-5-2-6-14-26;1-17(2)22-10-8-11-23(18(3)4)29(22)27-16-31-15-21-9-7-12-24-25-13-19(5)20(6)14-26(25)32(27)30(31)28(21)24;1-22(2,3)20-14-19(17-12-8-5-9-13-17)21-15-18(20)16-10-6-4-7-11-16;1-3-9-16(10-4-1)20-15-21(17-11-5-2-6-12-17)19-14-8-7-13-18(19)20;1-10-6-5-9-13-12(10)11-7-3-2-4-8-11;1-4(6)3-5(2)7;;;/h1-11,13,15-22H;7-14,16-18H,15H2,1-6H3;4-12,14-15H,1-3H3;1-11,13-15H;2-7,9H,1H3;3,6H,1-2H3;;;/q-4;+1;-1;-2;-1;;;+2;+4. The molecule has 0 spiro atoms. The zero-order valence-electron chi connectivity index (χ0n) is 78.5. The van der Waals surface area contributed by atoms with Gasteiger partial charge in [0.2, 0.25) is 0 Å². The van der Waals surface area contributed by atoms with E-state index in [9.17, 15) is 4.79 Å². The van der Waals surface area contributed by atoms with Gasteiger partial charge in [-0.05, 0) is 157 Å². The first kappa shape index (κ1) is 97.8. The molecule has 0 atom stereocenters. The summed E-state index contributed by atoms with van der Waals surface area (Å²) in [4.78, 5) is 23.4. The van der Waals surface area contributed by atoms with Gasteiger partial charge in [0.05, 0.1) is 19.2 Å². The van der Waals surface area contributed by atoms with Crippen molar-refractivity contribution in [3.05, 3.63) is 459 Å². The number of hydrogen-bond acceptors (Lipinski definition) is 7. The molecule has 2 aliphatic rings. The van der Waals surface area contributed by atoms with Gasteiger partial charge in [0.25, 0.3) is 5.65 Å². The molecule has 15 aromatic carbocycles. The molecule has 0 saturated carbocycles. The van der Waals surface area contributed by atoms with Crippen LogP contribution in [-0.4, -0.2) is 42.5 Å². The largest absolute Gasteiger partial charge is 4.00 e. The predicted octanol–water partition coefficient (Wildman–Crippen LogP) is 29.8. The third kappa shape index (κ3) is 20.8. The maximum Gasteiger partial charge on any atom is 4.00 e. The number of imidazole rings is 1. The molecule has 23 rings (SSSR count). The van der Waals surface area contributed by atoms with E-state index >= 15 is 0 Å². The molecule has 0 aliphatic carbocycles. The minimum absolute atomic E-state index is 0. The van der Waals surface area contributed by atoms with Crippen LogP contribution in [0.15, 0.2) is 376 Å². The number of fused-ring (bicyclic) bond motifs is 10. The van der Waals surface area contributed by atoms with Crippen LogP contribution in [-0.2, 0) is 73.6 Å². The van der Waals surface area contributed by atoms with Crippen LogP contribution in [0.5, 0.6) is 11.5 Å². The molecule has 0 unspecified atom stereocenters. The molecule has 11 nitrogen and oxygen atoms in total. The second-order valence-electron chi connectivity index (χ2n) is 35.5. The van der Waals surface area contributed by atoms with Crippen molar-refractivity contribution >= 4 is 113 Å². The van der Waals surface area contributed by atoms with Gasteiger partial charge < -0.3 is 38.7 Å². The van der Waals surface area contributed by atoms with Gasteiger partial charge in [0, 0.05) is 100 Å². The van der Waals surface area contributed by atoms with Gasteiger partial charge >= 0.3 is 42.1 Å². The number of carbonyl (C=O) groups excluding carboxylic acids is 1. The monoisotopic (exact) mass is 2340 g/mol. The van der Waals surface area contributed by atoms with Crippen molar-refractivity contribution in [2.75, 3.05) is 9.80 Å². The molecule has 1 N–H and O–H groups in total. The number of aliphatic hydroxyl groups excluding tert-OH is 1. The van der Waals surface area contributed by atoms with E-state index in [1.807, 2.05) is 134 Å². The number of aromatic nitrogens is 6. The maximum atomic E-state index is 10.0. The fourth-order valence-electron chi connectivity index (χ4n) is 18.1.